The van der Waals surface area contributed by atoms with Crippen LogP contribution in [0, 0.1) is 11.3 Å². The molecule has 5 heteroatoms. The monoisotopic (exact) mass is 281 g/mol. The summed E-state index contributed by atoms with van der Waals surface area (Å²) in [5, 5.41) is 8.88. The van der Waals surface area contributed by atoms with Crippen LogP contribution >= 0.6 is 0 Å². The predicted octanol–water partition coefficient (Wildman–Crippen LogP) is 2.20. The lowest BCUT2D eigenvalue weighted by molar-refractivity contribution is -0.145. The van der Waals surface area contributed by atoms with Crippen molar-refractivity contribution < 1.29 is 19.5 Å². The largest absolute Gasteiger partial charge is 0.481 e. The summed E-state index contributed by atoms with van der Waals surface area (Å²) in [4.78, 5) is 36.8. The van der Waals surface area contributed by atoms with Gasteiger partial charge in [0.15, 0.2) is 0 Å². The van der Waals surface area contributed by atoms with E-state index in [0.29, 0.717) is 12.8 Å². The van der Waals surface area contributed by atoms with Crippen LogP contribution in [0.4, 0.5) is 0 Å². The lowest BCUT2D eigenvalue weighted by atomic mass is 9.79. The summed E-state index contributed by atoms with van der Waals surface area (Å²) in [6.07, 6.45) is 6.58. The van der Waals surface area contributed by atoms with E-state index in [-0.39, 0.29) is 18.4 Å². The first-order valence-corrected chi connectivity index (χ1v) is 7.54. The van der Waals surface area contributed by atoms with Gasteiger partial charge in [0.2, 0.25) is 11.8 Å². The van der Waals surface area contributed by atoms with E-state index in [1.54, 1.807) is 6.92 Å². The highest BCUT2D eigenvalue weighted by Crippen LogP contribution is 2.44. The lowest BCUT2D eigenvalue weighted by Gasteiger charge is -2.25. The van der Waals surface area contributed by atoms with Gasteiger partial charge in [-0.15, -0.1) is 0 Å². The average Bonchev–Trinajstić information content (AvgIpc) is 2.59. The minimum absolute atomic E-state index is 0.0537. The summed E-state index contributed by atoms with van der Waals surface area (Å²) in [6, 6.07) is 0. The van der Waals surface area contributed by atoms with Gasteiger partial charge in [-0.3, -0.25) is 19.3 Å². The second kappa shape index (κ2) is 5.94. The molecule has 1 N–H and O–H groups in total. The third-order valence-corrected chi connectivity index (χ3v) is 4.76. The molecule has 1 saturated heterocycles. The van der Waals surface area contributed by atoms with Crippen molar-refractivity contribution in [1.82, 2.24) is 4.90 Å². The molecule has 2 fully saturated rings. The zero-order chi connectivity index (χ0) is 14.8. The fourth-order valence-electron chi connectivity index (χ4n) is 3.33. The van der Waals surface area contributed by atoms with Gasteiger partial charge in [0.1, 0.15) is 0 Å². The molecule has 112 valence electrons. The Morgan fingerprint density at radius 2 is 1.85 bits per heavy atom. The Hall–Kier alpha value is -1.39. The quantitative estimate of drug-likeness (QED) is 0.802. The van der Waals surface area contributed by atoms with E-state index in [2.05, 4.69) is 0 Å². The van der Waals surface area contributed by atoms with Crippen LogP contribution in [-0.4, -0.2) is 34.3 Å². The highest BCUT2D eigenvalue weighted by Gasteiger charge is 2.50. The number of carbonyl (C=O) groups is 3. The number of hydrogen-bond donors (Lipinski definition) is 1. The molecule has 2 amide bonds. The van der Waals surface area contributed by atoms with Crippen molar-refractivity contribution in [3.05, 3.63) is 0 Å². The standard InChI is InChI=1S/C15H23NO4/c1-11(13(18)19)6-9-16-12(17)10-15(14(16)20)7-4-2-3-5-8-15/h11H,2-10H2,1H3,(H,18,19). The third kappa shape index (κ3) is 2.86. The molecule has 5 nitrogen and oxygen atoms in total. The number of likely N-dealkylation sites (tertiary alicyclic amines) is 1. The number of carboxylic acids is 1. The maximum Gasteiger partial charge on any atom is 0.306 e. The van der Waals surface area contributed by atoms with Crippen LogP contribution in [0.1, 0.15) is 58.3 Å². The van der Waals surface area contributed by atoms with Crippen LogP contribution in [0.3, 0.4) is 0 Å². The van der Waals surface area contributed by atoms with E-state index in [0.717, 1.165) is 38.5 Å². The molecule has 0 aromatic rings. The normalized spacial score (nSPS) is 23.9. The highest BCUT2D eigenvalue weighted by molar-refractivity contribution is 6.05. The number of carboxylic acid groups (broad SMARTS) is 1. The molecule has 2 aliphatic rings. The van der Waals surface area contributed by atoms with Crippen molar-refractivity contribution in [3.63, 3.8) is 0 Å². The highest BCUT2D eigenvalue weighted by atomic mass is 16.4. The fourth-order valence-corrected chi connectivity index (χ4v) is 3.33. The van der Waals surface area contributed by atoms with E-state index in [9.17, 15) is 14.4 Å². The molecule has 1 unspecified atom stereocenters. The third-order valence-electron chi connectivity index (χ3n) is 4.76. The minimum atomic E-state index is -0.881. The van der Waals surface area contributed by atoms with E-state index in [1.807, 2.05) is 0 Å². The maximum absolute atomic E-state index is 12.6. The zero-order valence-corrected chi connectivity index (χ0v) is 12.1. The van der Waals surface area contributed by atoms with Crippen LogP contribution in [0.2, 0.25) is 0 Å². The van der Waals surface area contributed by atoms with Crippen LogP contribution in [0.25, 0.3) is 0 Å². The summed E-state index contributed by atoms with van der Waals surface area (Å²) in [6.45, 7) is 1.85. The van der Waals surface area contributed by atoms with Gasteiger partial charge in [-0.2, -0.15) is 0 Å². The Labute approximate surface area is 119 Å². The summed E-state index contributed by atoms with van der Waals surface area (Å²) in [7, 11) is 0. The van der Waals surface area contributed by atoms with Crippen LogP contribution < -0.4 is 0 Å². The minimum Gasteiger partial charge on any atom is -0.481 e. The lowest BCUT2D eigenvalue weighted by Crippen LogP contribution is -2.37. The van der Waals surface area contributed by atoms with Crippen molar-refractivity contribution in [2.75, 3.05) is 6.54 Å². The van der Waals surface area contributed by atoms with E-state index < -0.39 is 17.3 Å². The van der Waals surface area contributed by atoms with Gasteiger partial charge in [0.05, 0.1) is 11.3 Å². The van der Waals surface area contributed by atoms with Gasteiger partial charge < -0.3 is 5.11 Å². The number of carbonyl (C=O) groups excluding carboxylic acids is 2. The molecule has 1 aliphatic carbocycles. The van der Waals surface area contributed by atoms with Gasteiger partial charge in [0.25, 0.3) is 0 Å². The molecule has 0 radical (unpaired) electrons. The average molecular weight is 281 g/mol. The molecular formula is C15H23NO4. The number of amides is 2. The Balaban J connectivity index is 2.02. The molecule has 2 rings (SSSR count). The molecule has 1 aliphatic heterocycles. The van der Waals surface area contributed by atoms with Gasteiger partial charge in [-0.25, -0.2) is 0 Å². The Bertz CT molecular complexity index is 410. The molecule has 20 heavy (non-hydrogen) atoms. The van der Waals surface area contributed by atoms with Gasteiger partial charge in [0, 0.05) is 13.0 Å². The number of aliphatic carboxylic acids is 1. The van der Waals surface area contributed by atoms with E-state index in [4.69, 9.17) is 5.11 Å². The summed E-state index contributed by atoms with van der Waals surface area (Å²) >= 11 is 0. The first-order chi connectivity index (χ1) is 9.46. The van der Waals surface area contributed by atoms with Crippen molar-refractivity contribution in [2.24, 2.45) is 11.3 Å². The number of rotatable bonds is 4. The van der Waals surface area contributed by atoms with Crippen LogP contribution in [0.15, 0.2) is 0 Å². The first-order valence-electron chi connectivity index (χ1n) is 7.54. The molecule has 1 spiro atoms. The van der Waals surface area contributed by atoms with Crippen molar-refractivity contribution in [2.45, 2.75) is 58.3 Å². The van der Waals surface area contributed by atoms with Gasteiger partial charge in [-0.1, -0.05) is 32.6 Å². The van der Waals surface area contributed by atoms with Crippen molar-refractivity contribution >= 4 is 17.8 Å². The number of nitrogens with zero attached hydrogens (tertiary/aromatic N) is 1. The first kappa shape index (κ1) is 15.0. The van der Waals surface area contributed by atoms with E-state index >= 15 is 0 Å². The van der Waals surface area contributed by atoms with Crippen molar-refractivity contribution in [3.8, 4) is 0 Å². The van der Waals surface area contributed by atoms with Gasteiger partial charge in [-0.05, 0) is 19.3 Å². The fraction of sp³-hybridized carbons (Fsp3) is 0.800. The predicted molar refractivity (Wildman–Crippen MR) is 72.9 cm³/mol. The van der Waals surface area contributed by atoms with Gasteiger partial charge >= 0.3 is 5.97 Å². The molecule has 0 aromatic heterocycles. The number of imide groups is 1. The Morgan fingerprint density at radius 3 is 2.40 bits per heavy atom. The van der Waals surface area contributed by atoms with Crippen LogP contribution in [0.5, 0.6) is 0 Å². The zero-order valence-electron chi connectivity index (χ0n) is 12.1. The molecule has 1 atom stereocenters. The summed E-state index contributed by atoms with van der Waals surface area (Å²) < 4.78 is 0. The van der Waals surface area contributed by atoms with Crippen LogP contribution in [-0.2, 0) is 14.4 Å². The van der Waals surface area contributed by atoms with E-state index in [1.165, 1.54) is 4.90 Å². The SMILES string of the molecule is CC(CCN1C(=O)CC2(CCCCCC2)C1=O)C(=O)O. The molecular weight excluding hydrogens is 258 g/mol. The molecule has 0 bridgehead atoms. The smallest absolute Gasteiger partial charge is 0.306 e. The maximum atomic E-state index is 12.6. The Kier molecular flexibility index (Phi) is 4.45. The summed E-state index contributed by atoms with van der Waals surface area (Å²) in [5.74, 6) is -1.58. The molecule has 1 heterocycles. The topological polar surface area (TPSA) is 74.7 Å². The second-order valence-electron chi connectivity index (χ2n) is 6.25. The summed E-state index contributed by atoms with van der Waals surface area (Å²) in [5.41, 5.74) is -0.472. The molecule has 0 aromatic carbocycles. The Morgan fingerprint density at radius 1 is 1.25 bits per heavy atom. The second-order valence-corrected chi connectivity index (χ2v) is 6.25. The number of hydrogen-bond acceptors (Lipinski definition) is 3. The van der Waals surface area contributed by atoms with Crippen molar-refractivity contribution in [1.29, 1.82) is 0 Å². The molecule has 1 saturated carbocycles.